The molecule has 0 saturated carbocycles. The topological polar surface area (TPSA) is 77.1 Å². The van der Waals surface area contributed by atoms with Gasteiger partial charge in [0.1, 0.15) is 22.8 Å². The van der Waals surface area contributed by atoms with Crippen molar-refractivity contribution >= 4 is 40.9 Å². The largest absolute Gasteiger partial charge is 0.496 e. The van der Waals surface area contributed by atoms with Gasteiger partial charge in [-0.05, 0) is 49.3 Å². The van der Waals surface area contributed by atoms with Crippen LogP contribution < -0.4 is 24.4 Å². The van der Waals surface area contributed by atoms with Crippen molar-refractivity contribution in [1.82, 2.24) is 5.32 Å². The number of amides is 2. The van der Waals surface area contributed by atoms with Gasteiger partial charge >= 0.3 is 0 Å². The quantitative estimate of drug-likeness (QED) is 0.450. The predicted octanol–water partition coefficient (Wildman–Crippen LogP) is 3.16. The summed E-state index contributed by atoms with van der Waals surface area (Å²) in [5.74, 6) is 0.184. The van der Waals surface area contributed by atoms with Gasteiger partial charge in [0.15, 0.2) is 5.11 Å². The molecule has 0 aromatic heterocycles. The van der Waals surface area contributed by atoms with E-state index in [4.69, 9.17) is 26.4 Å². The number of hydrogen-bond acceptors (Lipinski definition) is 6. The number of rotatable bonds is 5. The summed E-state index contributed by atoms with van der Waals surface area (Å²) < 4.78 is 16.1. The van der Waals surface area contributed by atoms with Crippen LogP contribution in [0.15, 0.2) is 35.9 Å². The third kappa shape index (κ3) is 3.73. The van der Waals surface area contributed by atoms with Gasteiger partial charge in [-0.15, -0.1) is 0 Å². The van der Waals surface area contributed by atoms with Crippen molar-refractivity contribution in [3.05, 3.63) is 52.6 Å². The normalized spacial score (nSPS) is 15.3. The number of aryl methyl sites for hydroxylation is 1. The smallest absolute Gasteiger partial charge is 0.270 e. The fraction of sp³-hybridized carbons (Fsp3) is 0.227. The summed E-state index contributed by atoms with van der Waals surface area (Å²) in [5, 5.41) is 2.63. The van der Waals surface area contributed by atoms with Crippen LogP contribution in [0.5, 0.6) is 17.2 Å². The molecule has 0 aliphatic carbocycles. The molecule has 7 nitrogen and oxygen atoms in total. The van der Waals surface area contributed by atoms with Gasteiger partial charge in [0.05, 0.1) is 32.6 Å². The molecule has 1 saturated heterocycles. The van der Waals surface area contributed by atoms with E-state index in [9.17, 15) is 9.59 Å². The molecule has 1 aliphatic rings. The lowest BCUT2D eigenvalue weighted by Crippen LogP contribution is -2.54. The maximum atomic E-state index is 13.3. The molecule has 3 rings (SSSR count). The molecule has 1 fully saturated rings. The van der Waals surface area contributed by atoms with Crippen molar-refractivity contribution in [2.75, 3.05) is 26.2 Å². The van der Waals surface area contributed by atoms with Crippen molar-refractivity contribution in [3.8, 4) is 17.2 Å². The molecule has 0 radical (unpaired) electrons. The minimum Gasteiger partial charge on any atom is -0.496 e. The first kappa shape index (κ1) is 21.3. The molecule has 0 atom stereocenters. The van der Waals surface area contributed by atoms with Crippen LogP contribution in [0.2, 0.25) is 0 Å². The van der Waals surface area contributed by atoms with Gasteiger partial charge in [-0.1, -0.05) is 12.1 Å². The van der Waals surface area contributed by atoms with Crippen LogP contribution in [0.3, 0.4) is 0 Å². The Bertz CT molecular complexity index is 1050. The highest BCUT2D eigenvalue weighted by molar-refractivity contribution is 7.80. The van der Waals surface area contributed by atoms with Gasteiger partial charge in [-0.25, -0.2) is 0 Å². The number of ether oxygens (including phenoxy) is 3. The van der Waals surface area contributed by atoms with E-state index in [1.807, 2.05) is 26.0 Å². The van der Waals surface area contributed by atoms with Gasteiger partial charge in [0.2, 0.25) is 0 Å². The number of benzene rings is 2. The molecule has 0 bridgehead atoms. The molecule has 2 aromatic carbocycles. The lowest BCUT2D eigenvalue weighted by Gasteiger charge is -2.30. The Morgan fingerprint density at radius 1 is 1.00 bits per heavy atom. The van der Waals surface area contributed by atoms with E-state index in [-0.39, 0.29) is 10.7 Å². The average molecular weight is 426 g/mol. The van der Waals surface area contributed by atoms with Gasteiger partial charge in [0, 0.05) is 12.1 Å². The molecule has 8 heteroatoms. The van der Waals surface area contributed by atoms with Crippen molar-refractivity contribution in [1.29, 1.82) is 0 Å². The van der Waals surface area contributed by atoms with Crippen molar-refractivity contribution < 1.29 is 23.8 Å². The van der Waals surface area contributed by atoms with Gasteiger partial charge < -0.3 is 14.2 Å². The van der Waals surface area contributed by atoms with Crippen LogP contribution in [0.1, 0.15) is 16.7 Å². The van der Waals surface area contributed by atoms with Crippen LogP contribution in [-0.4, -0.2) is 38.3 Å². The first-order valence-corrected chi connectivity index (χ1v) is 9.50. The molecule has 1 aliphatic heterocycles. The molecule has 30 heavy (non-hydrogen) atoms. The third-order valence-electron chi connectivity index (χ3n) is 4.96. The van der Waals surface area contributed by atoms with Crippen LogP contribution in [-0.2, 0) is 9.59 Å². The summed E-state index contributed by atoms with van der Waals surface area (Å²) in [7, 11) is 4.49. The molecule has 1 heterocycles. The number of nitrogens with one attached hydrogen (secondary N) is 1. The number of thiocarbonyl (C=S) groups is 1. The van der Waals surface area contributed by atoms with Crippen LogP contribution in [0.4, 0.5) is 5.69 Å². The number of nitrogens with zero attached hydrogens (tertiary/aromatic N) is 1. The highest BCUT2D eigenvalue weighted by atomic mass is 32.1. The number of carbonyl (C=O) groups excluding carboxylic acids is 2. The Hall–Kier alpha value is -3.39. The monoisotopic (exact) mass is 426 g/mol. The molecule has 0 spiro atoms. The molecule has 2 aromatic rings. The lowest BCUT2D eigenvalue weighted by atomic mass is 10.0. The summed E-state index contributed by atoms with van der Waals surface area (Å²) in [4.78, 5) is 27.3. The first-order chi connectivity index (χ1) is 14.3. The van der Waals surface area contributed by atoms with Gasteiger partial charge in [-0.3, -0.25) is 19.8 Å². The van der Waals surface area contributed by atoms with Crippen LogP contribution in [0, 0.1) is 13.8 Å². The van der Waals surface area contributed by atoms with E-state index < -0.39 is 11.8 Å². The minimum atomic E-state index is -0.591. The Morgan fingerprint density at radius 2 is 1.63 bits per heavy atom. The molecule has 0 unspecified atom stereocenters. The second kappa shape index (κ2) is 8.54. The van der Waals surface area contributed by atoms with Crippen LogP contribution in [0.25, 0.3) is 6.08 Å². The van der Waals surface area contributed by atoms with Crippen LogP contribution >= 0.6 is 12.2 Å². The summed E-state index contributed by atoms with van der Waals surface area (Å²) in [6, 6.07) is 8.86. The summed E-state index contributed by atoms with van der Waals surface area (Å²) in [5.41, 5.74) is 2.86. The number of carbonyl (C=O) groups is 2. The second-order valence-corrected chi connectivity index (χ2v) is 7.01. The van der Waals surface area contributed by atoms with E-state index in [1.54, 1.807) is 18.2 Å². The summed E-state index contributed by atoms with van der Waals surface area (Å²) in [6.07, 6.45) is 1.44. The standard InChI is InChI=1S/C22H22N2O5S/c1-12-7-6-8-17(13(12)2)24-21(26)16(20(25)23-22(24)30)11-15-18(28-4)9-14(27-3)10-19(15)29-5/h6-11H,1-5H3,(H,23,25,30)/b16-11+. The number of methoxy groups -OCH3 is 3. The highest BCUT2D eigenvalue weighted by Crippen LogP contribution is 2.36. The molecule has 156 valence electrons. The van der Waals surface area contributed by atoms with E-state index in [0.717, 1.165) is 11.1 Å². The fourth-order valence-electron chi connectivity index (χ4n) is 3.17. The Balaban J connectivity index is 2.15. The van der Waals surface area contributed by atoms with E-state index >= 15 is 0 Å². The minimum absolute atomic E-state index is 0.0320. The zero-order chi connectivity index (χ0) is 22.0. The SMILES string of the molecule is COc1cc(OC)c(/C=C2\C(=O)NC(=S)N(c3cccc(C)c3C)C2=O)c(OC)c1. The highest BCUT2D eigenvalue weighted by Gasteiger charge is 2.35. The maximum Gasteiger partial charge on any atom is 0.270 e. The zero-order valence-corrected chi connectivity index (χ0v) is 18.2. The molecular formula is C22H22N2O5S. The molecule has 1 N–H and O–H groups in total. The maximum absolute atomic E-state index is 13.3. The Kier molecular flexibility index (Phi) is 6.07. The third-order valence-corrected chi connectivity index (χ3v) is 5.25. The molecular weight excluding hydrogens is 404 g/mol. The van der Waals surface area contributed by atoms with Gasteiger partial charge in [-0.2, -0.15) is 0 Å². The van der Waals surface area contributed by atoms with Crippen molar-refractivity contribution in [2.24, 2.45) is 0 Å². The number of anilines is 1. The lowest BCUT2D eigenvalue weighted by molar-refractivity contribution is -0.122. The summed E-state index contributed by atoms with van der Waals surface area (Å²) >= 11 is 5.29. The van der Waals surface area contributed by atoms with E-state index in [1.165, 1.54) is 32.3 Å². The Labute approximate surface area is 180 Å². The zero-order valence-electron chi connectivity index (χ0n) is 17.4. The average Bonchev–Trinajstić information content (AvgIpc) is 2.73. The van der Waals surface area contributed by atoms with Crippen molar-refractivity contribution in [3.63, 3.8) is 0 Å². The molecule has 2 amide bonds. The summed E-state index contributed by atoms with van der Waals surface area (Å²) in [6.45, 7) is 3.84. The van der Waals surface area contributed by atoms with Gasteiger partial charge in [0.25, 0.3) is 11.8 Å². The van der Waals surface area contributed by atoms with E-state index in [2.05, 4.69) is 5.32 Å². The van der Waals surface area contributed by atoms with Crippen molar-refractivity contribution in [2.45, 2.75) is 13.8 Å². The number of hydrogen-bond donors (Lipinski definition) is 1. The Morgan fingerprint density at radius 3 is 2.20 bits per heavy atom. The predicted molar refractivity (Wildman–Crippen MR) is 118 cm³/mol. The fourth-order valence-corrected chi connectivity index (χ4v) is 3.45. The first-order valence-electron chi connectivity index (χ1n) is 9.10. The van der Waals surface area contributed by atoms with E-state index in [0.29, 0.717) is 28.5 Å². The second-order valence-electron chi connectivity index (χ2n) is 6.62.